The van der Waals surface area contributed by atoms with Crippen LogP contribution in [-0.2, 0) is 17.6 Å². The molecule has 0 aliphatic heterocycles. The number of aromatic nitrogens is 3. The molecule has 2 aromatic carbocycles. The van der Waals surface area contributed by atoms with Crippen molar-refractivity contribution >= 4 is 11.9 Å². The van der Waals surface area contributed by atoms with Gasteiger partial charge in [0.1, 0.15) is 11.6 Å². The summed E-state index contributed by atoms with van der Waals surface area (Å²) in [5, 5.41) is 9.66. The molecule has 0 saturated carbocycles. The highest BCUT2D eigenvalue weighted by atomic mass is 16.5. The van der Waals surface area contributed by atoms with Crippen molar-refractivity contribution in [3.8, 4) is 5.75 Å². The minimum Gasteiger partial charge on any atom is -0.497 e. The number of carbonyl (C=O) groups is 1. The van der Waals surface area contributed by atoms with E-state index in [4.69, 9.17) is 4.74 Å². The second-order valence-electron chi connectivity index (χ2n) is 6.02. The van der Waals surface area contributed by atoms with E-state index in [1.165, 1.54) is 5.56 Å². The molecule has 0 aliphatic rings. The Hall–Kier alpha value is -3.15. The number of anilines is 1. The summed E-state index contributed by atoms with van der Waals surface area (Å²) in [6.07, 6.45) is 2.72. The normalized spacial score (nSPS) is 10.5. The van der Waals surface area contributed by atoms with Crippen molar-refractivity contribution in [1.82, 2.24) is 15.2 Å². The molecule has 1 amide bonds. The van der Waals surface area contributed by atoms with Crippen LogP contribution >= 0.6 is 0 Å². The predicted molar refractivity (Wildman–Crippen MR) is 100 cm³/mol. The number of aromatic amines is 1. The lowest BCUT2D eigenvalue weighted by Crippen LogP contribution is -2.12. The second-order valence-corrected chi connectivity index (χ2v) is 6.02. The molecule has 6 nitrogen and oxygen atoms in total. The predicted octanol–water partition coefficient (Wildman–Crippen LogP) is 3.37. The summed E-state index contributed by atoms with van der Waals surface area (Å²) in [5.74, 6) is 1.76. The third kappa shape index (κ3) is 5.17. The Morgan fingerprint density at radius 2 is 1.85 bits per heavy atom. The van der Waals surface area contributed by atoms with Crippen molar-refractivity contribution in [3.05, 3.63) is 71.5 Å². The number of nitrogens with one attached hydrogen (secondary N) is 2. The molecule has 134 valence electrons. The summed E-state index contributed by atoms with van der Waals surface area (Å²) >= 11 is 0. The molecule has 0 saturated heterocycles. The van der Waals surface area contributed by atoms with Gasteiger partial charge in [-0.25, -0.2) is 0 Å². The molecule has 3 rings (SSSR count). The minimum atomic E-state index is -0.0732. The first-order valence-corrected chi connectivity index (χ1v) is 8.61. The minimum absolute atomic E-state index is 0.0732. The first-order valence-electron chi connectivity index (χ1n) is 8.61. The van der Waals surface area contributed by atoms with Gasteiger partial charge in [-0.05, 0) is 36.1 Å². The van der Waals surface area contributed by atoms with E-state index in [1.54, 1.807) is 7.11 Å². The van der Waals surface area contributed by atoms with Crippen LogP contribution < -0.4 is 10.1 Å². The van der Waals surface area contributed by atoms with E-state index in [0.717, 1.165) is 24.2 Å². The molecular formula is C20H22N4O2. The Morgan fingerprint density at radius 3 is 2.58 bits per heavy atom. The summed E-state index contributed by atoms with van der Waals surface area (Å²) in [6.45, 7) is 0. The van der Waals surface area contributed by atoms with Crippen molar-refractivity contribution in [2.24, 2.45) is 0 Å². The summed E-state index contributed by atoms with van der Waals surface area (Å²) in [4.78, 5) is 16.3. The summed E-state index contributed by atoms with van der Waals surface area (Å²) in [6, 6.07) is 17.9. The zero-order chi connectivity index (χ0) is 18.2. The number of carbonyl (C=O) groups excluding carboxylic acids is 1. The van der Waals surface area contributed by atoms with Crippen molar-refractivity contribution in [1.29, 1.82) is 0 Å². The van der Waals surface area contributed by atoms with Crippen LogP contribution in [0, 0.1) is 0 Å². The quantitative estimate of drug-likeness (QED) is 0.653. The van der Waals surface area contributed by atoms with Crippen LogP contribution in [0.4, 0.5) is 5.95 Å². The van der Waals surface area contributed by atoms with E-state index in [1.807, 2.05) is 42.5 Å². The molecule has 3 aromatic rings. The molecule has 0 bridgehead atoms. The van der Waals surface area contributed by atoms with Gasteiger partial charge in [-0.15, -0.1) is 5.10 Å². The highest BCUT2D eigenvalue weighted by molar-refractivity contribution is 5.88. The highest BCUT2D eigenvalue weighted by Gasteiger charge is 2.08. The standard InChI is InChI=1S/C20H22N4O2/c1-26-17-12-10-16(11-13-17)14-18-21-20(24-23-18)22-19(25)9-5-8-15-6-3-2-4-7-15/h2-4,6-7,10-13H,5,8-9,14H2,1H3,(H2,21,22,23,24,25). The van der Waals surface area contributed by atoms with Crippen LogP contribution in [0.15, 0.2) is 54.6 Å². The lowest BCUT2D eigenvalue weighted by atomic mass is 10.1. The first-order chi connectivity index (χ1) is 12.7. The summed E-state index contributed by atoms with van der Waals surface area (Å²) < 4.78 is 5.14. The van der Waals surface area contributed by atoms with Crippen molar-refractivity contribution in [2.45, 2.75) is 25.7 Å². The number of amides is 1. The number of ether oxygens (including phenoxy) is 1. The van der Waals surface area contributed by atoms with E-state index in [-0.39, 0.29) is 5.91 Å². The molecular weight excluding hydrogens is 328 g/mol. The van der Waals surface area contributed by atoms with Crippen LogP contribution in [-0.4, -0.2) is 28.2 Å². The molecule has 0 unspecified atom stereocenters. The topological polar surface area (TPSA) is 79.9 Å². The molecule has 6 heteroatoms. The zero-order valence-electron chi connectivity index (χ0n) is 14.7. The van der Waals surface area contributed by atoms with Gasteiger partial charge in [0, 0.05) is 12.8 Å². The summed E-state index contributed by atoms with van der Waals surface area (Å²) in [7, 11) is 1.64. The van der Waals surface area contributed by atoms with E-state index in [0.29, 0.717) is 24.6 Å². The average Bonchev–Trinajstić information content (AvgIpc) is 3.10. The number of aryl methyl sites for hydroxylation is 1. The van der Waals surface area contributed by atoms with Gasteiger partial charge in [-0.1, -0.05) is 42.5 Å². The number of hydrogen-bond donors (Lipinski definition) is 2. The SMILES string of the molecule is COc1ccc(Cc2nc(NC(=O)CCCc3ccccc3)n[nH]2)cc1. The van der Waals surface area contributed by atoms with Crippen molar-refractivity contribution in [2.75, 3.05) is 12.4 Å². The number of rotatable bonds is 8. The Labute approximate surface area is 152 Å². The molecule has 0 radical (unpaired) electrons. The Bertz CT molecular complexity index is 829. The maximum atomic E-state index is 12.0. The largest absolute Gasteiger partial charge is 0.497 e. The van der Waals surface area contributed by atoms with Crippen LogP contribution in [0.5, 0.6) is 5.75 Å². The number of hydrogen-bond acceptors (Lipinski definition) is 4. The van der Waals surface area contributed by atoms with Gasteiger partial charge in [-0.3, -0.25) is 15.2 Å². The van der Waals surface area contributed by atoms with E-state index in [9.17, 15) is 4.79 Å². The van der Waals surface area contributed by atoms with Crippen LogP contribution in [0.3, 0.4) is 0 Å². The number of benzene rings is 2. The Kier molecular flexibility index (Phi) is 5.98. The van der Waals surface area contributed by atoms with E-state index < -0.39 is 0 Å². The second kappa shape index (κ2) is 8.80. The van der Waals surface area contributed by atoms with Gasteiger partial charge in [0.25, 0.3) is 0 Å². The van der Waals surface area contributed by atoms with Crippen LogP contribution in [0.1, 0.15) is 29.8 Å². The smallest absolute Gasteiger partial charge is 0.248 e. The van der Waals surface area contributed by atoms with Gasteiger partial charge in [0.05, 0.1) is 7.11 Å². The monoisotopic (exact) mass is 350 g/mol. The number of methoxy groups -OCH3 is 1. The third-order valence-corrected chi connectivity index (χ3v) is 4.03. The average molecular weight is 350 g/mol. The molecule has 0 atom stereocenters. The fourth-order valence-corrected chi connectivity index (χ4v) is 2.65. The lowest BCUT2D eigenvalue weighted by Gasteiger charge is -2.02. The Balaban J connectivity index is 1.45. The van der Waals surface area contributed by atoms with Gasteiger partial charge in [0.2, 0.25) is 11.9 Å². The van der Waals surface area contributed by atoms with E-state index >= 15 is 0 Å². The number of nitrogens with zero attached hydrogens (tertiary/aromatic N) is 2. The van der Waals surface area contributed by atoms with Gasteiger partial charge < -0.3 is 4.74 Å². The van der Waals surface area contributed by atoms with Gasteiger partial charge >= 0.3 is 0 Å². The molecule has 0 spiro atoms. The maximum Gasteiger partial charge on any atom is 0.248 e. The fourth-order valence-electron chi connectivity index (χ4n) is 2.65. The fraction of sp³-hybridized carbons (Fsp3) is 0.250. The zero-order valence-corrected chi connectivity index (χ0v) is 14.7. The van der Waals surface area contributed by atoms with Crippen LogP contribution in [0.2, 0.25) is 0 Å². The Morgan fingerprint density at radius 1 is 1.08 bits per heavy atom. The van der Waals surface area contributed by atoms with Crippen molar-refractivity contribution in [3.63, 3.8) is 0 Å². The van der Waals surface area contributed by atoms with Gasteiger partial charge in [0.15, 0.2) is 0 Å². The number of H-pyrrole nitrogens is 1. The van der Waals surface area contributed by atoms with Gasteiger partial charge in [-0.2, -0.15) is 4.98 Å². The lowest BCUT2D eigenvalue weighted by molar-refractivity contribution is -0.116. The molecule has 1 aromatic heterocycles. The molecule has 0 fully saturated rings. The first kappa shape index (κ1) is 17.7. The van der Waals surface area contributed by atoms with Crippen molar-refractivity contribution < 1.29 is 9.53 Å². The summed E-state index contributed by atoms with van der Waals surface area (Å²) in [5.41, 5.74) is 2.32. The van der Waals surface area contributed by atoms with Crippen LogP contribution in [0.25, 0.3) is 0 Å². The molecule has 1 heterocycles. The maximum absolute atomic E-state index is 12.0. The molecule has 26 heavy (non-hydrogen) atoms. The van der Waals surface area contributed by atoms with E-state index in [2.05, 4.69) is 32.6 Å². The molecule has 2 N–H and O–H groups in total. The molecule has 0 aliphatic carbocycles. The highest BCUT2D eigenvalue weighted by Crippen LogP contribution is 2.14. The third-order valence-electron chi connectivity index (χ3n) is 4.03.